The lowest BCUT2D eigenvalue weighted by molar-refractivity contribution is -0.121. The molecule has 2 aromatic carbocycles. The standard InChI is InChI=1S/C28H30N4O3/c1-19-18-32(28(34)30-24-6-4-3-5-7-24)25-10-8-22(16-26(25)35-19)23-9-11-27(29-17-23)31-14-12-21(13-15-31)20(2)33/h3-11,16-17,19,21H,12-15,18H2,1-2H3,(H,30,34). The van der Waals surface area contributed by atoms with Crippen LogP contribution >= 0.6 is 0 Å². The molecule has 7 nitrogen and oxygen atoms in total. The Kier molecular flexibility index (Phi) is 6.40. The predicted molar refractivity (Wildman–Crippen MR) is 138 cm³/mol. The van der Waals surface area contributed by atoms with Crippen LogP contribution in [0.2, 0.25) is 0 Å². The van der Waals surface area contributed by atoms with E-state index in [0.717, 1.165) is 54.3 Å². The Morgan fingerprint density at radius 3 is 2.43 bits per heavy atom. The average molecular weight is 471 g/mol. The summed E-state index contributed by atoms with van der Waals surface area (Å²) >= 11 is 0. The van der Waals surface area contributed by atoms with E-state index < -0.39 is 0 Å². The summed E-state index contributed by atoms with van der Waals surface area (Å²) in [6, 6.07) is 19.3. The molecule has 0 aliphatic carbocycles. The van der Waals surface area contributed by atoms with Gasteiger partial charge in [-0.05, 0) is 68.7 Å². The summed E-state index contributed by atoms with van der Waals surface area (Å²) in [7, 11) is 0. The normalized spacial score (nSPS) is 17.9. The van der Waals surface area contributed by atoms with Gasteiger partial charge in [-0.25, -0.2) is 9.78 Å². The molecule has 0 bridgehead atoms. The number of hydrogen-bond acceptors (Lipinski definition) is 5. The third kappa shape index (κ3) is 4.99. The Morgan fingerprint density at radius 1 is 1.00 bits per heavy atom. The highest BCUT2D eigenvalue weighted by Gasteiger charge is 2.28. The maximum absolute atomic E-state index is 13.0. The quantitative estimate of drug-likeness (QED) is 0.555. The van der Waals surface area contributed by atoms with Crippen LogP contribution in [0.4, 0.5) is 22.0 Å². The Labute approximate surface area is 205 Å². The van der Waals surface area contributed by atoms with Crippen LogP contribution in [0.5, 0.6) is 5.75 Å². The SMILES string of the molecule is CC(=O)C1CCN(c2ccc(-c3ccc4c(c3)OC(C)CN4C(=O)Nc3ccccc3)cn2)CC1. The minimum absolute atomic E-state index is 0.127. The molecule has 1 N–H and O–H groups in total. The monoisotopic (exact) mass is 470 g/mol. The first-order chi connectivity index (χ1) is 17.0. The number of para-hydroxylation sites is 1. The number of amides is 2. The molecule has 5 rings (SSSR count). The zero-order valence-corrected chi connectivity index (χ0v) is 20.1. The summed E-state index contributed by atoms with van der Waals surface area (Å²) < 4.78 is 6.09. The summed E-state index contributed by atoms with van der Waals surface area (Å²) in [4.78, 5) is 33.3. The topological polar surface area (TPSA) is 74.8 Å². The molecule has 1 atom stereocenters. The molecule has 0 radical (unpaired) electrons. The number of ether oxygens (including phenoxy) is 1. The number of hydrogen-bond donors (Lipinski definition) is 1. The number of benzene rings is 2. The Hall–Kier alpha value is -3.87. The van der Waals surface area contributed by atoms with Crippen LogP contribution < -0.4 is 19.9 Å². The molecule has 0 spiro atoms. The highest BCUT2D eigenvalue weighted by Crippen LogP contribution is 2.37. The molecule has 1 unspecified atom stereocenters. The van der Waals surface area contributed by atoms with Gasteiger partial charge in [0.15, 0.2) is 0 Å². The molecule has 2 amide bonds. The highest BCUT2D eigenvalue weighted by molar-refractivity contribution is 6.03. The van der Waals surface area contributed by atoms with Gasteiger partial charge < -0.3 is 15.0 Å². The number of fused-ring (bicyclic) bond motifs is 1. The summed E-state index contributed by atoms with van der Waals surface area (Å²) in [6.45, 7) is 5.82. The molecule has 1 fully saturated rings. The van der Waals surface area contributed by atoms with Gasteiger partial charge in [0, 0.05) is 36.5 Å². The number of anilines is 3. The Morgan fingerprint density at radius 2 is 1.74 bits per heavy atom. The molecule has 35 heavy (non-hydrogen) atoms. The van der Waals surface area contributed by atoms with E-state index in [2.05, 4.69) is 16.3 Å². The van der Waals surface area contributed by atoms with Crippen molar-refractivity contribution in [3.63, 3.8) is 0 Å². The second-order valence-electron chi connectivity index (χ2n) is 9.29. The van der Waals surface area contributed by atoms with Gasteiger partial charge in [0.25, 0.3) is 0 Å². The highest BCUT2D eigenvalue weighted by atomic mass is 16.5. The summed E-state index contributed by atoms with van der Waals surface area (Å²) in [5.74, 6) is 2.08. The van der Waals surface area contributed by atoms with Gasteiger partial charge in [0.1, 0.15) is 23.5 Å². The molecule has 0 saturated carbocycles. The Bertz CT molecular complexity index is 1200. The second kappa shape index (κ2) is 9.78. The van der Waals surface area contributed by atoms with Crippen molar-refractivity contribution in [3.05, 3.63) is 66.9 Å². The van der Waals surface area contributed by atoms with Crippen LogP contribution in [0.25, 0.3) is 11.1 Å². The van der Waals surface area contributed by atoms with Crippen molar-refractivity contribution in [2.24, 2.45) is 5.92 Å². The Balaban J connectivity index is 1.32. The lowest BCUT2D eigenvalue weighted by Crippen LogP contribution is -2.44. The molecule has 1 saturated heterocycles. The second-order valence-corrected chi connectivity index (χ2v) is 9.29. The number of Topliss-reactive ketones (excluding diaryl/α,β-unsaturated/α-hetero) is 1. The molecule has 3 heterocycles. The van der Waals surface area contributed by atoms with Crippen LogP contribution in [0.3, 0.4) is 0 Å². The molecule has 2 aliphatic rings. The van der Waals surface area contributed by atoms with Gasteiger partial charge in [-0.3, -0.25) is 9.69 Å². The van der Waals surface area contributed by atoms with Crippen molar-refractivity contribution in [2.45, 2.75) is 32.8 Å². The first kappa shape index (κ1) is 22.9. The molecule has 7 heteroatoms. The number of nitrogens with one attached hydrogen (secondary N) is 1. The van der Waals surface area contributed by atoms with Crippen molar-refractivity contribution in [2.75, 3.05) is 34.8 Å². The number of pyridine rings is 1. The van der Waals surface area contributed by atoms with E-state index in [-0.39, 0.29) is 23.8 Å². The van der Waals surface area contributed by atoms with Gasteiger partial charge in [-0.15, -0.1) is 0 Å². The zero-order valence-electron chi connectivity index (χ0n) is 20.1. The summed E-state index contributed by atoms with van der Waals surface area (Å²) in [5, 5.41) is 2.96. The predicted octanol–water partition coefficient (Wildman–Crippen LogP) is 5.37. The number of rotatable bonds is 4. The van der Waals surface area contributed by atoms with Gasteiger partial charge in [-0.2, -0.15) is 0 Å². The lowest BCUT2D eigenvalue weighted by atomic mass is 9.93. The first-order valence-corrected chi connectivity index (χ1v) is 12.1. The zero-order chi connectivity index (χ0) is 24.4. The molecule has 3 aromatic rings. The third-order valence-electron chi connectivity index (χ3n) is 6.76. The third-order valence-corrected chi connectivity index (χ3v) is 6.76. The van der Waals surface area contributed by atoms with E-state index in [9.17, 15) is 9.59 Å². The number of carbonyl (C=O) groups excluding carboxylic acids is 2. The number of aromatic nitrogens is 1. The average Bonchev–Trinajstić information content (AvgIpc) is 2.88. The van der Waals surface area contributed by atoms with Gasteiger partial charge >= 0.3 is 6.03 Å². The fraction of sp³-hybridized carbons (Fsp3) is 0.321. The minimum Gasteiger partial charge on any atom is -0.487 e. The van der Waals surface area contributed by atoms with E-state index in [4.69, 9.17) is 9.72 Å². The first-order valence-electron chi connectivity index (χ1n) is 12.1. The van der Waals surface area contributed by atoms with Crippen molar-refractivity contribution in [1.29, 1.82) is 0 Å². The summed E-state index contributed by atoms with van der Waals surface area (Å²) in [5.41, 5.74) is 3.47. The van der Waals surface area contributed by atoms with Crippen LogP contribution in [-0.4, -0.2) is 42.5 Å². The fourth-order valence-corrected chi connectivity index (χ4v) is 4.78. The van der Waals surface area contributed by atoms with Gasteiger partial charge in [-0.1, -0.05) is 24.3 Å². The van der Waals surface area contributed by atoms with Crippen molar-refractivity contribution < 1.29 is 14.3 Å². The lowest BCUT2D eigenvalue weighted by Gasteiger charge is -2.33. The number of ketones is 1. The van der Waals surface area contributed by atoms with E-state index >= 15 is 0 Å². The minimum atomic E-state index is -0.181. The van der Waals surface area contributed by atoms with Crippen molar-refractivity contribution in [3.8, 4) is 16.9 Å². The van der Waals surface area contributed by atoms with Crippen LogP contribution in [-0.2, 0) is 4.79 Å². The number of nitrogens with zero attached hydrogens (tertiary/aromatic N) is 3. The van der Waals surface area contributed by atoms with E-state index in [0.29, 0.717) is 12.3 Å². The maximum atomic E-state index is 13.0. The van der Waals surface area contributed by atoms with Gasteiger partial charge in [0.2, 0.25) is 0 Å². The van der Waals surface area contributed by atoms with Gasteiger partial charge in [0.05, 0.1) is 12.2 Å². The maximum Gasteiger partial charge on any atom is 0.326 e. The number of carbonyl (C=O) groups is 2. The van der Waals surface area contributed by atoms with E-state index in [1.165, 1.54) is 0 Å². The van der Waals surface area contributed by atoms with Crippen molar-refractivity contribution >= 4 is 29.0 Å². The van der Waals surface area contributed by atoms with Crippen LogP contribution in [0.1, 0.15) is 26.7 Å². The molecule has 180 valence electrons. The smallest absolute Gasteiger partial charge is 0.326 e. The molecular formula is C28H30N4O3. The summed E-state index contributed by atoms with van der Waals surface area (Å²) in [6.07, 6.45) is 3.51. The molecular weight excluding hydrogens is 440 g/mol. The van der Waals surface area contributed by atoms with Crippen LogP contribution in [0.15, 0.2) is 66.9 Å². The van der Waals surface area contributed by atoms with E-state index in [1.54, 1.807) is 11.8 Å². The largest absolute Gasteiger partial charge is 0.487 e. The number of piperidine rings is 1. The number of urea groups is 1. The molecule has 2 aliphatic heterocycles. The fourth-order valence-electron chi connectivity index (χ4n) is 4.78. The van der Waals surface area contributed by atoms with Crippen LogP contribution in [0, 0.1) is 5.92 Å². The van der Waals surface area contributed by atoms with E-state index in [1.807, 2.05) is 67.7 Å². The molecule has 1 aromatic heterocycles. The van der Waals surface area contributed by atoms with Crippen molar-refractivity contribution in [1.82, 2.24) is 4.98 Å².